The molecule has 0 amide bonds. The average molecular weight is 1080 g/mol. The second-order valence-corrected chi connectivity index (χ2v) is 25.4. The second-order valence-electron chi connectivity index (χ2n) is 25.4. The van der Waals surface area contributed by atoms with Gasteiger partial charge >= 0.3 is 5.97 Å². The lowest BCUT2D eigenvalue weighted by Crippen LogP contribution is -2.61. The summed E-state index contributed by atoms with van der Waals surface area (Å²) in [7, 11) is 0. The Morgan fingerprint density at radius 2 is 0.829 bits per heavy atom. The van der Waals surface area contributed by atoms with Crippen LogP contribution in [-0.2, 0) is 48.3 Å². The van der Waals surface area contributed by atoms with Crippen LogP contribution in [-0.4, -0.2) is 148 Å². The van der Waals surface area contributed by atoms with Crippen LogP contribution in [0, 0.1) is 0 Å². The van der Waals surface area contributed by atoms with Gasteiger partial charge in [-0.05, 0) is 178 Å². The number of aliphatic hydroxyl groups excluding tert-OH is 7. The van der Waals surface area contributed by atoms with Crippen LogP contribution in [0.5, 0.6) is 11.5 Å². The zero-order valence-corrected chi connectivity index (χ0v) is 48.2. The van der Waals surface area contributed by atoms with E-state index in [1.54, 1.807) is 18.2 Å². The van der Waals surface area contributed by atoms with Gasteiger partial charge in [-0.2, -0.15) is 0 Å². The molecular formula is C57H93N3O16. The van der Waals surface area contributed by atoms with Gasteiger partial charge in [0.25, 0.3) is 0 Å². The van der Waals surface area contributed by atoms with Crippen LogP contribution >= 0.6 is 0 Å². The molecule has 2 aliphatic rings. The molecule has 0 aromatic heterocycles. The predicted octanol–water partition coefficient (Wildman–Crippen LogP) is 7.09. The minimum Gasteiger partial charge on any atom is -0.479 e. The van der Waals surface area contributed by atoms with E-state index in [2.05, 4.69) is 81.8 Å². The maximum absolute atomic E-state index is 11.3. The number of carbonyl (C=O) groups is 1. The van der Waals surface area contributed by atoms with Crippen molar-refractivity contribution in [3.05, 3.63) is 77.4 Å². The van der Waals surface area contributed by atoms with Crippen molar-refractivity contribution in [2.75, 3.05) is 22.6 Å². The van der Waals surface area contributed by atoms with Crippen LogP contribution in [0.3, 0.4) is 0 Å². The molecule has 0 radical (unpaired) electrons. The SMILES string of the molecule is CC(C)(C)Nc1cc(COC(C)(C)C)ccc1OC1OC(C(=O)O)C(O)C(O)C1O.CC(C)(C)Nc1cc(COC(C)(C)C)ccc1OC1OC(CO)C(O)C(O)C1O.CC(C)(C)Nc1ccc(COC(C)(C)C)cc1. The van der Waals surface area contributed by atoms with E-state index in [-0.39, 0.29) is 33.4 Å². The molecule has 0 aliphatic carbocycles. The smallest absolute Gasteiger partial charge is 0.335 e. The number of rotatable bonds is 15. The summed E-state index contributed by atoms with van der Waals surface area (Å²) in [4.78, 5) is 11.3. The number of aliphatic carboxylic acids is 1. The van der Waals surface area contributed by atoms with E-state index >= 15 is 0 Å². The highest BCUT2D eigenvalue weighted by molar-refractivity contribution is 5.73. The Labute approximate surface area is 451 Å². The van der Waals surface area contributed by atoms with E-state index in [1.165, 1.54) is 5.56 Å². The molecule has 0 saturated carbocycles. The van der Waals surface area contributed by atoms with Gasteiger partial charge in [0.1, 0.15) is 54.2 Å². The molecule has 0 bridgehead atoms. The highest BCUT2D eigenvalue weighted by Gasteiger charge is 2.48. The van der Waals surface area contributed by atoms with Gasteiger partial charge in [0.05, 0.1) is 54.6 Å². The summed E-state index contributed by atoms with van der Waals surface area (Å²) in [5.74, 6) is -0.769. The fraction of sp³-hybridized carbons (Fsp3) is 0.667. The van der Waals surface area contributed by atoms with E-state index in [4.69, 9.17) is 33.2 Å². The summed E-state index contributed by atoms with van der Waals surface area (Å²) in [5.41, 5.74) is 4.27. The zero-order valence-electron chi connectivity index (χ0n) is 48.2. The van der Waals surface area contributed by atoms with E-state index < -0.39 is 74.0 Å². The fourth-order valence-electron chi connectivity index (χ4n) is 7.12. The molecule has 2 heterocycles. The predicted molar refractivity (Wildman–Crippen MR) is 292 cm³/mol. The second kappa shape index (κ2) is 27.0. The summed E-state index contributed by atoms with van der Waals surface area (Å²) in [6.07, 6.45) is -15.0. The molecular weight excluding hydrogens is 983 g/mol. The van der Waals surface area contributed by atoms with Crippen molar-refractivity contribution in [1.29, 1.82) is 0 Å². The van der Waals surface area contributed by atoms with Crippen LogP contribution in [0.2, 0.25) is 0 Å². The number of hydrogen-bond donors (Lipinski definition) is 11. The first kappa shape index (κ1) is 65.9. The van der Waals surface area contributed by atoms with E-state index in [0.717, 1.165) is 16.8 Å². The first-order chi connectivity index (χ1) is 34.6. The van der Waals surface area contributed by atoms with Crippen LogP contribution < -0.4 is 25.4 Å². The van der Waals surface area contributed by atoms with Gasteiger partial charge in [-0.15, -0.1) is 0 Å². The highest BCUT2D eigenvalue weighted by atomic mass is 16.7. The lowest BCUT2D eigenvalue weighted by molar-refractivity contribution is -0.277. The summed E-state index contributed by atoms with van der Waals surface area (Å²) >= 11 is 0. The quantitative estimate of drug-likeness (QED) is 0.0725. The molecule has 2 saturated heterocycles. The molecule has 19 heteroatoms. The molecule has 5 rings (SSSR count). The lowest BCUT2D eigenvalue weighted by Gasteiger charge is -2.40. The van der Waals surface area contributed by atoms with Crippen molar-refractivity contribution in [3.63, 3.8) is 0 Å². The standard InChI is InChI=1S/C21H33NO8.C21H35NO7.C15H25NO/c1-20(2,3)22-12-9-11(10-28-21(4,5)6)7-8-13(12)29-19-16(25)14(23)15(24)17(30-19)18(26)27;1-20(2,3)22-13-9-12(11-27-21(4,5)6)7-8-14(13)28-19-18(26)17(25)16(24)15(10-23)29-19;1-14(2,3)16-13-9-7-12(8-10-13)11-17-15(4,5)6/h7-9,14-17,19,22-25H,10H2,1-6H3,(H,26,27);7-9,15-19,22-26H,10-11H2,1-6H3;7-10,16H,11H2,1-6H3. The van der Waals surface area contributed by atoms with Gasteiger partial charge in [-0.3, -0.25) is 0 Å². The van der Waals surface area contributed by atoms with Crippen molar-refractivity contribution in [2.45, 2.75) is 239 Å². The van der Waals surface area contributed by atoms with Crippen molar-refractivity contribution >= 4 is 23.0 Å². The number of aliphatic hydroxyl groups is 7. The minimum absolute atomic E-state index is 0.0810. The van der Waals surface area contributed by atoms with Crippen molar-refractivity contribution in [1.82, 2.24) is 0 Å². The maximum atomic E-state index is 11.3. The van der Waals surface area contributed by atoms with Crippen LogP contribution in [0.1, 0.15) is 141 Å². The Balaban J connectivity index is 0.000000312. The van der Waals surface area contributed by atoms with Crippen molar-refractivity contribution in [2.24, 2.45) is 0 Å². The molecule has 10 atom stereocenters. The zero-order chi connectivity index (χ0) is 57.9. The van der Waals surface area contributed by atoms with Gasteiger partial charge in [0.2, 0.25) is 12.6 Å². The number of anilines is 3. The lowest BCUT2D eigenvalue weighted by atomic mass is 9.99. The Hall–Kier alpha value is -4.35. The van der Waals surface area contributed by atoms with Gasteiger partial charge in [-0.25, -0.2) is 4.79 Å². The van der Waals surface area contributed by atoms with Crippen LogP contribution in [0.25, 0.3) is 0 Å². The van der Waals surface area contributed by atoms with E-state index in [1.807, 2.05) is 101 Å². The van der Waals surface area contributed by atoms with Crippen LogP contribution in [0.4, 0.5) is 17.1 Å². The third kappa shape index (κ3) is 23.3. The number of nitrogens with one attached hydrogen (secondary N) is 3. The van der Waals surface area contributed by atoms with Crippen molar-refractivity contribution in [3.8, 4) is 11.5 Å². The summed E-state index contributed by atoms with van der Waals surface area (Å²) < 4.78 is 39.6. The summed E-state index contributed by atoms with van der Waals surface area (Å²) in [6.45, 7) is 37.3. The van der Waals surface area contributed by atoms with Gasteiger partial charge in [0.15, 0.2) is 6.10 Å². The largest absolute Gasteiger partial charge is 0.479 e. The molecule has 10 unspecified atom stereocenters. The van der Waals surface area contributed by atoms with Gasteiger partial charge < -0.3 is 90.0 Å². The number of ether oxygens (including phenoxy) is 7. The first-order valence-electron chi connectivity index (χ1n) is 25.8. The van der Waals surface area contributed by atoms with E-state index in [9.17, 15) is 45.6 Å². The third-order valence-corrected chi connectivity index (χ3v) is 10.7. The van der Waals surface area contributed by atoms with E-state index in [0.29, 0.717) is 42.7 Å². The minimum atomic E-state index is -1.78. The molecule has 19 nitrogen and oxygen atoms in total. The van der Waals surface area contributed by atoms with Crippen molar-refractivity contribution < 1.29 is 78.8 Å². The molecule has 0 spiro atoms. The normalized spacial score (nSPS) is 24.5. The topological polar surface area (TPSA) is 280 Å². The summed E-state index contributed by atoms with van der Waals surface area (Å²) in [6, 6.07) is 19.2. The Kier molecular flexibility index (Phi) is 23.4. The molecule has 2 fully saturated rings. The van der Waals surface area contributed by atoms with Gasteiger partial charge in [-0.1, -0.05) is 24.3 Å². The Morgan fingerprint density at radius 1 is 0.474 bits per heavy atom. The number of carboxylic acid groups (broad SMARTS) is 1. The fourth-order valence-corrected chi connectivity index (χ4v) is 7.12. The summed E-state index contributed by atoms with van der Waals surface area (Å²) in [5, 5.41) is 88.9. The Morgan fingerprint density at radius 3 is 1.18 bits per heavy atom. The molecule has 76 heavy (non-hydrogen) atoms. The maximum Gasteiger partial charge on any atom is 0.335 e. The average Bonchev–Trinajstić information content (AvgIpc) is 3.27. The molecule has 2 aliphatic heterocycles. The first-order valence-corrected chi connectivity index (χ1v) is 25.8. The molecule has 3 aromatic rings. The van der Waals surface area contributed by atoms with Gasteiger partial charge in [0, 0.05) is 22.3 Å². The van der Waals surface area contributed by atoms with Crippen LogP contribution in [0.15, 0.2) is 60.7 Å². The highest BCUT2D eigenvalue weighted by Crippen LogP contribution is 2.35. The number of carboxylic acids is 1. The molecule has 3 aromatic carbocycles. The number of hydrogen-bond acceptors (Lipinski definition) is 18. The molecule has 432 valence electrons. The molecule has 11 N–H and O–H groups in total. The monoisotopic (exact) mass is 1080 g/mol. The third-order valence-electron chi connectivity index (χ3n) is 10.7. The Bertz CT molecular complexity index is 2240. The number of benzene rings is 3.